The van der Waals surface area contributed by atoms with E-state index < -0.39 is 11.0 Å². The van der Waals surface area contributed by atoms with Gasteiger partial charge in [0.2, 0.25) is 0 Å². The Kier molecular flexibility index (Phi) is 4.51. The summed E-state index contributed by atoms with van der Waals surface area (Å²) in [5, 5.41) is 21.2. The van der Waals surface area contributed by atoms with Crippen molar-refractivity contribution in [1.29, 1.82) is 5.26 Å². The lowest BCUT2D eigenvalue weighted by molar-refractivity contribution is -0.0138. The monoisotopic (exact) mass is 354 g/mol. The van der Waals surface area contributed by atoms with E-state index >= 15 is 0 Å². The zero-order valence-corrected chi connectivity index (χ0v) is 15.2. The highest BCUT2D eigenvalue weighted by Crippen LogP contribution is 2.47. The Labute approximate surface area is 160 Å². The molecule has 0 amide bonds. The topological polar surface area (TPSA) is 56.9 Å². The van der Waals surface area contributed by atoms with E-state index in [1.165, 1.54) is 0 Å². The highest BCUT2D eigenvalue weighted by atomic mass is 16.3. The predicted molar refractivity (Wildman–Crippen MR) is 106 cm³/mol. The first-order valence-corrected chi connectivity index (χ1v) is 9.36. The van der Waals surface area contributed by atoms with Crippen LogP contribution in [0.1, 0.15) is 36.8 Å². The van der Waals surface area contributed by atoms with Gasteiger partial charge >= 0.3 is 0 Å². The van der Waals surface area contributed by atoms with E-state index in [0.29, 0.717) is 25.7 Å². The summed E-state index contributed by atoms with van der Waals surface area (Å²) in [5.41, 5.74) is 2.41. The molecule has 3 aromatic rings. The molecule has 1 saturated carbocycles. The van der Waals surface area contributed by atoms with Crippen LogP contribution in [0.2, 0.25) is 0 Å². The molecule has 134 valence electrons. The van der Waals surface area contributed by atoms with Crippen molar-refractivity contribution in [1.82, 2.24) is 4.98 Å². The number of nitrogens with zero attached hydrogens (tertiary/aromatic N) is 2. The van der Waals surface area contributed by atoms with Gasteiger partial charge in [-0.05, 0) is 48.9 Å². The van der Waals surface area contributed by atoms with Crippen molar-refractivity contribution in [3.63, 3.8) is 0 Å². The molecule has 1 aliphatic rings. The van der Waals surface area contributed by atoms with E-state index in [2.05, 4.69) is 11.1 Å². The summed E-state index contributed by atoms with van der Waals surface area (Å²) in [4.78, 5) is 4.46. The molecule has 1 aromatic heterocycles. The maximum Gasteiger partial charge on any atom is 0.0899 e. The molecule has 0 aliphatic heterocycles. The van der Waals surface area contributed by atoms with Gasteiger partial charge in [0.25, 0.3) is 0 Å². The molecule has 0 spiro atoms. The maximum atomic E-state index is 11.4. The van der Waals surface area contributed by atoms with Crippen LogP contribution in [0, 0.1) is 11.3 Å². The van der Waals surface area contributed by atoms with Crippen molar-refractivity contribution >= 4 is 0 Å². The van der Waals surface area contributed by atoms with Crippen LogP contribution in [-0.2, 0) is 11.0 Å². The van der Waals surface area contributed by atoms with Crippen LogP contribution in [0.4, 0.5) is 0 Å². The van der Waals surface area contributed by atoms with E-state index in [0.717, 1.165) is 22.4 Å². The van der Waals surface area contributed by atoms with Crippen LogP contribution in [-0.4, -0.2) is 10.1 Å². The molecule has 4 rings (SSSR count). The first-order chi connectivity index (χ1) is 13.2. The zero-order valence-electron chi connectivity index (χ0n) is 15.2. The summed E-state index contributed by atoms with van der Waals surface area (Å²) in [6, 6.07) is 26.4. The second-order valence-electron chi connectivity index (χ2n) is 7.39. The molecule has 0 bridgehead atoms. The molecule has 27 heavy (non-hydrogen) atoms. The Balaban J connectivity index is 1.61. The van der Waals surface area contributed by atoms with Crippen LogP contribution < -0.4 is 0 Å². The van der Waals surface area contributed by atoms with Gasteiger partial charge in [0.15, 0.2) is 0 Å². The molecule has 0 unspecified atom stereocenters. The smallest absolute Gasteiger partial charge is 0.0899 e. The van der Waals surface area contributed by atoms with Gasteiger partial charge in [-0.1, -0.05) is 60.7 Å². The summed E-state index contributed by atoms with van der Waals surface area (Å²) in [7, 11) is 0. The number of nitriles is 1. The van der Waals surface area contributed by atoms with E-state index in [1.54, 1.807) is 6.20 Å². The Morgan fingerprint density at radius 2 is 1.44 bits per heavy atom. The summed E-state index contributed by atoms with van der Waals surface area (Å²) in [6.45, 7) is 0. The summed E-state index contributed by atoms with van der Waals surface area (Å²) >= 11 is 0. The van der Waals surface area contributed by atoms with Crippen molar-refractivity contribution in [3.05, 3.63) is 90.1 Å². The van der Waals surface area contributed by atoms with E-state index in [9.17, 15) is 10.4 Å². The number of hydrogen-bond donors (Lipinski definition) is 1. The number of benzene rings is 2. The van der Waals surface area contributed by atoms with Gasteiger partial charge in [-0.15, -0.1) is 0 Å². The normalized spacial score (nSPS) is 24.9. The number of hydrogen-bond acceptors (Lipinski definition) is 3. The fourth-order valence-electron chi connectivity index (χ4n) is 4.09. The number of rotatable bonds is 3. The van der Waals surface area contributed by atoms with Crippen LogP contribution in [0.25, 0.3) is 11.3 Å². The molecule has 3 nitrogen and oxygen atoms in total. The highest BCUT2D eigenvalue weighted by molar-refractivity contribution is 5.59. The lowest BCUT2D eigenvalue weighted by Gasteiger charge is -2.41. The van der Waals surface area contributed by atoms with Gasteiger partial charge < -0.3 is 5.11 Å². The average Bonchev–Trinajstić information content (AvgIpc) is 2.76. The van der Waals surface area contributed by atoms with Crippen LogP contribution >= 0.6 is 0 Å². The van der Waals surface area contributed by atoms with Crippen molar-refractivity contribution in [2.24, 2.45) is 0 Å². The Morgan fingerprint density at radius 1 is 0.815 bits per heavy atom. The largest absolute Gasteiger partial charge is 0.385 e. The first-order valence-electron chi connectivity index (χ1n) is 9.36. The SMILES string of the molecule is N#CC1(c2ccccc2)CCC(O)(c2ccnc(-c3ccccc3)c2)CC1. The van der Waals surface area contributed by atoms with Crippen molar-refractivity contribution < 1.29 is 5.11 Å². The second-order valence-corrected chi connectivity index (χ2v) is 7.39. The molecular weight excluding hydrogens is 332 g/mol. The quantitative estimate of drug-likeness (QED) is 0.722. The third kappa shape index (κ3) is 3.25. The molecule has 0 saturated heterocycles. The van der Waals surface area contributed by atoms with Gasteiger partial charge in [-0.3, -0.25) is 4.98 Å². The first kappa shape index (κ1) is 17.5. The number of aromatic nitrogens is 1. The standard InChI is InChI=1S/C24H22N2O/c25-18-23(20-9-5-2-6-10-20)12-14-24(27,15-13-23)21-11-16-26-22(17-21)19-7-3-1-4-8-19/h1-11,16-17,27H,12-15H2. The Morgan fingerprint density at radius 3 is 2.07 bits per heavy atom. The van der Waals surface area contributed by atoms with E-state index in [-0.39, 0.29) is 0 Å². The second kappa shape index (κ2) is 6.98. The van der Waals surface area contributed by atoms with E-state index in [1.807, 2.05) is 72.8 Å². The number of aliphatic hydroxyl groups is 1. The average molecular weight is 354 g/mol. The molecular formula is C24H22N2O. The van der Waals surface area contributed by atoms with Crippen molar-refractivity contribution in [2.75, 3.05) is 0 Å². The summed E-state index contributed by atoms with van der Waals surface area (Å²) < 4.78 is 0. The van der Waals surface area contributed by atoms with Gasteiger partial charge in [-0.25, -0.2) is 0 Å². The van der Waals surface area contributed by atoms with Crippen LogP contribution in [0.15, 0.2) is 79.0 Å². The van der Waals surface area contributed by atoms with Crippen molar-refractivity contribution in [2.45, 2.75) is 36.7 Å². The lowest BCUT2D eigenvalue weighted by Crippen LogP contribution is -2.39. The Hall–Kier alpha value is -2.96. The van der Waals surface area contributed by atoms with Gasteiger partial charge in [0, 0.05) is 11.8 Å². The van der Waals surface area contributed by atoms with Crippen LogP contribution in [0.3, 0.4) is 0 Å². The summed E-state index contributed by atoms with van der Waals surface area (Å²) in [6.07, 6.45) is 4.18. The molecule has 1 aliphatic carbocycles. The highest BCUT2D eigenvalue weighted by Gasteiger charge is 2.44. The zero-order chi connectivity index (χ0) is 18.7. The minimum Gasteiger partial charge on any atom is -0.385 e. The molecule has 1 fully saturated rings. The third-order valence-corrected chi connectivity index (χ3v) is 5.84. The van der Waals surface area contributed by atoms with E-state index in [4.69, 9.17) is 0 Å². The maximum absolute atomic E-state index is 11.4. The van der Waals surface area contributed by atoms with Gasteiger partial charge in [0.1, 0.15) is 0 Å². The molecule has 0 radical (unpaired) electrons. The summed E-state index contributed by atoms with van der Waals surface area (Å²) in [5.74, 6) is 0. The minimum atomic E-state index is -0.915. The van der Waals surface area contributed by atoms with Crippen LogP contribution in [0.5, 0.6) is 0 Å². The molecule has 1 N–H and O–H groups in total. The lowest BCUT2D eigenvalue weighted by atomic mass is 9.64. The van der Waals surface area contributed by atoms with Gasteiger partial charge in [0.05, 0.1) is 22.8 Å². The molecule has 1 heterocycles. The minimum absolute atomic E-state index is 0.511. The predicted octanol–water partition coefficient (Wildman–Crippen LogP) is 4.97. The fraction of sp³-hybridized carbons (Fsp3) is 0.250. The fourth-order valence-corrected chi connectivity index (χ4v) is 4.09. The van der Waals surface area contributed by atoms with Crippen molar-refractivity contribution in [3.8, 4) is 17.3 Å². The third-order valence-electron chi connectivity index (χ3n) is 5.84. The Bertz CT molecular complexity index is 952. The molecule has 2 aromatic carbocycles. The molecule has 3 heteroatoms. The molecule has 0 atom stereocenters. The van der Waals surface area contributed by atoms with Gasteiger partial charge in [-0.2, -0.15) is 5.26 Å². The number of pyridine rings is 1.